The van der Waals surface area contributed by atoms with E-state index in [-0.39, 0.29) is 17.1 Å². The van der Waals surface area contributed by atoms with Gasteiger partial charge < -0.3 is 0 Å². The van der Waals surface area contributed by atoms with Crippen LogP contribution in [0.25, 0.3) is 0 Å². The van der Waals surface area contributed by atoms with Crippen molar-refractivity contribution in [2.24, 2.45) is 7.05 Å². The maximum absolute atomic E-state index is 3.47. The minimum Gasteiger partial charge on any atom is -0.236 e. The van der Waals surface area contributed by atoms with Gasteiger partial charge in [0.1, 0.15) is 6.33 Å². The number of hydrogen-bond acceptors (Lipinski definition) is 3. The summed E-state index contributed by atoms with van der Waals surface area (Å²) in [6.45, 7) is 0. The third-order valence-electron chi connectivity index (χ3n) is 0.451. The Morgan fingerprint density at radius 1 is 1.57 bits per heavy atom. The molecule has 0 saturated heterocycles. The fourth-order valence-electron chi connectivity index (χ4n) is 0.207. The molecule has 0 aliphatic rings. The van der Waals surface area contributed by atoms with E-state index in [9.17, 15) is 0 Å². The Hall–Kier alpha value is -0.411. The molecule has 0 saturated carbocycles. The number of hydrogen-bond donors (Lipinski definition) is 0. The van der Waals surface area contributed by atoms with Crippen molar-refractivity contribution in [3.63, 3.8) is 0 Å². The van der Waals surface area contributed by atoms with Gasteiger partial charge in [0.05, 0.1) is 0 Å². The van der Waals surface area contributed by atoms with Crippen LogP contribution in [0.4, 0.5) is 0 Å². The molecular weight excluding hydrogens is 144 g/mol. The summed E-state index contributed by atoms with van der Waals surface area (Å²) in [6.07, 6.45) is 1.53. The van der Waals surface area contributed by atoms with Crippen molar-refractivity contribution in [3.05, 3.63) is 6.33 Å². The smallest absolute Gasteiger partial charge is 0.137 e. The quantitative estimate of drug-likeness (QED) is 0.452. The van der Waals surface area contributed by atoms with Gasteiger partial charge in [-0.3, -0.25) is 0 Å². The second-order valence-electron chi connectivity index (χ2n) is 0.983. The van der Waals surface area contributed by atoms with Gasteiger partial charge in [-0.1, -0.05) is 0 Å². The van der Waals surface area contributed by atoms with E-state index >= 15 is 0 Å². The van der Waals surface area contributed by atoms with Crippen molar-refractivity contribution in [2.75, 3.05) is 0 Å². The van der Waals surface area contributed by atoms with E-state index in [1.807, 2.05) is 0 Å². The molecule has 4 nitrogen and oxygen atoms in total. The third kappa shape index (κ3) is 1.66. The van der Waals surface area contributed by atoms with Crippen LogP contribution in [0.5, 0.6) is 0 Å². The molecule has 7 heavy (non-hydrogen) atoms. The summed E-state index contributed by atoms with van der Waals surface area (Å²) in [5, 5.41) is 10.2. The zero-order valence-electron chi connectivity index (χ0n) is 3.67. The molecule has 0 fully saturated rings. The number of nitrogens with zero attached hydrogens (tertiary/aromatic N) is 4. The van der Waals surface area contributed by atoms with Gasteiger partial charge in [-0.15, -0.1) is 5.10 Å². The van der Waals surface area contributed by atoms with Crippen LogP contribution in [0.15, 0.2) is 6.33 Å². The Labute approximate surface area is 51.4 Å². The zero-order chi connectivity index (χ0) is 4.41. The Morgan fingerprint density at radius 3 is 2.43 bits per heavy atom. The van der Waals surface area contributed by atoms with Gasteiger partial charge in [0.25, 0.3) is 0 Å². The largest absolute Gasteiger partial charge is 0.236 e. The molecule has 5 heteroatoms. The first-order chi connectivity index (χ1) is 2.89. The summed E-state index contributed by atoms with van der Waals surface area (Å²) in [5.74, 6) is 0. The summed E-state index contributed by atoms with van der Waals surface area (Å²) in [4.78, 5) is 0. The predicted molar refractivity (Wildman–Crippen MR) is 18.8 cm³/mol. The summed E-state index contributed by atoms with van der Waals surface area (Å²) < 4.78 is 1.53. The molecule has 1 aromatic heterocycles. The van der Waals surface area contributed by atoms with Crippen LogP contribution in [0.1, 0.15) is 0 Å². The van der Waals surface area contributed by atoms with Crippen LogP contribution >= 0.6 is 0 Å². The summed E-state index contributed by atoms with van der Waals surface area (Å²) in [7, 11) is 1.76. The fraction of sp³-hybridized carbons (Fsp3) is 0.500. The summed E-state index contributed by atoms with van der Waals surface area (Å²) >= 11 is 0. The molecule has 0 spiro atoms. The van der Waals surface area contributed by atoms with Crippen LogP contribution in [0, 0.1) is 0 Å². The van der Waals surface area contributed by atoms with Crippen molar-refractivity contribution in [1.82, 2.24) is 20.2 Å². The molecule has 0 atom stereocenters. The Morgan fingerprint density at radius 2 is 2.29 bits per heavy atom. The third-order valence-corrected chi connectivity index (χ3v) is 0.451. The van der Waals surface area contributed by atoms with Gasteiger partial charge in [0.15, 0.2) is 0 Å². The van der Waals surface area contributed by atoms with Gasteiger partial charge in [0, 0.05) is 24.1 Å². The molecule has 43 valence electrons. The van der Waals surface area contributed by atoms with E-state index in [4.69, 9.17) is 0 Å². The van der Waals surface area contributed by atoms with Crippen molar-refractivity contribution in [3.8, 4) is 0 Å². The fourth-order valence-corrected chi connectivity index (χ4v) is 0.207. The van der Waals surface area contributed by atoms with Gasteiger partial charge in [-0.05, 0) is 10.4 Å². The van der Waals surface area contributed by atoms with Crippen LogP contribution in [0.2, 0.25) is 0 Å². The number of aryl methyl sites for hydroxylation is 1. The second-order valence-corrected chi connectivity index (χ2v) is 0.983. The molecule has 1 rings (SSSR count). The Kier molecular flexibility index (Phi) is 2.55. The normalized spacial score (nSPS) is 7.57. The Balaban J connectivity index is 0.000000360. The SMILES string of the molecule is Cn1cnnn1.[Cu]. The van der Waals surface area contributed by atoms with Crippen molar-refractivity contribution < 1.29 is 17.1 Å². The van der Waals surface area contributed by atoms with Gasteiger partial charge in [0.2, 0.25) is 0 Å². The molecule has 1 heterocycles. The van der Waals surface area contributed by atoms with E-state index in [1.165, 1.54) is 11.0 Å². The maximum Gasteiger partial charge on any atom is 0.137 e. The first-order valence-electron chi connectivity index (χ1n) is 1.56. The first kappa shape index (κ1) is 6.59. The molecule has 1 aromatic rings. The first-order valence-corrected chi connectivity index (χ1v) is 1.56. The number of aromatic nitrogens is 4. The van der Waals surface area contributed by atoms with E-state index in [2.05, 4.69) is 15.5 Å². The van der Waals surface area contributed by atoms with Crippen LogP contribution in [-0.4, -0.2) is 20.2 Å². The van der Waals surface area contributed by atoms with E-state index in [0.717, 1.165) is 0 Å². The van der Waals surface area contributed by atoms with Crippen molar-refractivity contribution in [2.45, 2.75) is 0 Å². The van der Waals surface area contributed by atoms with Crippen LogP contribution in [0.3, 0.4) is 0 Å². The summed E-state index contributed by atoms with van der Waals surface area (Å²) in [5.41, 5.74) is 0. The van der Waals surface area contributed by atoms with Crippen LogP contribution < -0.4 is 0 Å². The molecular formula is C2H4CuN4. The van der Waals surface area contributed by atoms with E-state index < -0.39 is 0 Å². The van der Waals surface area contributed by atoms with Gasteiger partial charge >= 0.3 is 0 Å². The van der Waals surface area contributed by atoms with E-state index in [1.54, 1.807) is 7.05 Å². The summed E-state index contributed by atoms with van der Waals surface area (Å²) in [6, 6.07) is 0. The molecule has 0 amide bonds. The standard InChI is InChI=1S/C2H4N4.Cu/c1-6-2-3-4-5-6;/h2H,1H3;. The van der Waals surface area contributed by atoms with Crippen LogP contribution in [-0.2, 0) is 24.1 Å². The molecule has 0 bridgehead atoms. The maximum atomic E-state index is 3.47. The predicted octanol–water partition coefficient (Wildman–Crippen LogP) is -0.792. The van der Waals surface area contributed by atoms with E-state index in [0.29, 0.717) is 0 Å². The number of rotatable bonds is 0. The zero-order valence-corrected chi connectivity index (χ0v) is 4.61. The Bertz CT molecular complexity index is 113. The second kappa shape index (κ2) is 2.71. The molecule has 0 aromatic carbocycles. The molecule has 0 aliphatic carbocycles. The van der Waals surface area contributed by atoms with Crippen molar-refractivity contribution >= 4 is 0 Å². The van der Waals surface area contributed by atoms with Gasteiger partial charge in [-0.25, -0.2) is 4.68 Å². The average Bonchev–Trinajstić information content (AvgIpc) is 1.86. The molecule has 0 aliphatic heterocycles. The minimum absolute atomic E-state index is 0. The van der Waals surface area contributed by atoms with Crippen molar-refractivity contribution in [1.29, 1.82) is 0 Å². The minimum atomic E-state index is 0. The molecule has 0 unspecified atom stereocenters. The molecule has 1 radical (unpaired) electrons. The molecule has 0 N–H and O–H groups in total. The monoisotopic (exact) mass is 147 g/mol. The topological polar surface area (TPSA) is 43.6 Å². The number of tetrazole rings is 1. The average molecular weight is 148 g/mol. The van der Waals surface area contributed by atoms with Gasteiger partial charge in [-0.2, -0.15) is 0 Å².